The van der Waals surface area contributed by atoms with Crippen molar-refractivity contribution in [1.82, 2.24) is 9.97 Å². The molecule has 1 amide bonds. The summed E-state index contributed by atoms with van der Waals surface area (Å²) in [6.45, 7) is 0. The Morgan fingerprint density at radius 3 is 2.75 bits per heavy atom. The van der Waals surface area contributed by atoms with Crippen LogP contribution >= 0.6 is 22.9 Å². The Balaban J connectivity index is 1.62. The van der Waals surface area contributed by atoms with E-state index in [0.29, 0.717) is 5.69 Å². The van der Waals surface area contributed by atoms with E-state index in [2.05, 4.69) is 15.3 Å². The number of non-ortho nitro benzene ring substituents is 1. The summed E-state index contributed by atoms with van der Waals surface area (Å²) in [5.41, 5.74) is 1.88. The first kappa shape index (κ1) is 18.0. The highest BCUT2D eigenvalue weighted by Crippen LogP contribution is 2.31. The fraction of sp³-hybridized carbons (Fsp3) is 0. The number of nitrogens with one attached hydrogen (secondary N) is 1. The van der Waals surface area contributed by atoms with Crippen LogP contribution < -0.4 is 5.32 Å². The summed E-state index contributed by atoms with van der Waals surface area (Å²) in [5, 5.41) is 14.5. The van der Waals surface area contributed by atoms with E-state index in [1.165, 1.54) is 29.7 Å². The van der Waals surface area contributed by atoms with Crippen LogP contribution in [0.15, 0.2) is 60.9 Å². The highest BCUT2D eigenvalue weighted by molar-refractivity contribution is 7.21. The lowest BCUT2D eigenvalue weighted by Gasteiger charge is -2.07. The second-order valence-corrected chi connectivity index (χ2v) is 7.26. The zero-order valence-electron chi connectivity index (χ0n) is 14.1. The van der Waals surface area contributed by atoms with Gasteiger partial charge in [0.05, 0.1) is 37.6 Å². The van der Waals surface area contributed by atoms with E-state index >= 15 is 0 Å². The quantitative estimate of drug-likeness (QED) is 0.369. The van der Waals surface area contributed by atoms with Gasteiger partial charge in [-0.05, 0) is 24.3 Å². The van der Waals surface area contributed by atoms with Crippen LogP contribution in [0.25, 0.3) is 20.8 Å². The van der Waals surface area contributed by atoms with E-state index in [1.807, 2.05) is 24.3 Å². The van der Waals surface area contributed by atoms with Crippen molar-refractivity contribution in [1.29, 1.82) is 0 Å². The Morgan fingerprint density at radius 1 is 1.14 bits per heavy atom. The van der Waals surface area contributed by atoms with E-state index in [0.717, 1.165) is 26.9 Å². The molecule has 0 bridgehead atoms. The normalized spacial score (nSPS) is 10.8. The summed E-state index contributed by atoms with van der Waals surface area (Å²) in [7, 11) is 0. The zero-order chi connectivity index (χ0) is 19.7. The first-order valence-corrected chi connectivity index (χ1v) is 9.27. The predicted molar refractivity (Wildman–Crippen MR) is 109 cm³/mol. The Kier molecular flexibility index (Phi) is 4.72. The molecule has 7 nitrogen and oxygen atoms in total. The number of fused-ring (bicyclic) bond motifs is 1. The molecule has 0 atom stereocenters. The van der Waals surface area contributed by atoms with Crippen LogP contribution in [0.4, 0.5) is 11.4 Å². The maximum absolute atomic E-state index is 12.5. The number of carbonyl (C=O) groups excluding carboxylic acids is 1. The average molecular weight is 411 g/mol. The molecule has 0 spiro atoms. The predicted octanol–water partition coefficient (Wildman–Crippen LogP) is 5.17. The molecule has 2 heterocycles. The molecule has 0 fully saturated rings. The highest BCUT2D eigenvalue weighted by atomic mass is 35.5. The molecule has 9 heteroatoms. The molecule has 0 radical (unpaired) electrons. The van der Waals surface area contributed by atoms with Gasteiger partial charge in [0.25, 0.3) is 11.6 Å². The van der Waals surface area contributed by atoms with Crippen molar-refractivity contribution >= 4 is 50.4 Å². The number of thiazole rings is 1. The molecular formula is C19H11ClN4O3S. The molecule has 28 heavy (non-hydrogen) atoms. The van der Waals surface area contributed by atoms with Gasteiger partial charge in [-0.15, -0.1) is 11.3 Å². The average Bonchev–Trinajstić information content (AvgIpc) is 3.12. The fourth-order valence-corrected chi connectivity index (χ4v) is 3.77. The lowest BCUT2D eigenvalue weighted by Crippen LogP contribution is -2.13. The number of pyridine rings is 1. The molecule has 0 aliphatic carbocycles. The number of amides is 1. The number of benzene rings is 2. The molecule has 0 saturated heterocycles. The number of rotatable bonds is 4. The second kappa shape index (κ2) is 7.34. The topological polar surface area (TPSA) is 98.0 Å². The van der Waals surface area contributed by atoms with Gasteiger partial charge >= 0.3 is 0 Å². The van der Waals surface area contributed by atoms with Crippen molar-refractivity contribution in [2.24, 2.45) is 0 Å². The minimum atomic E-state index is -0.581. The Labute approximate surface area is 167 Å². The number of aromatic nitrogens is 2. The maximum atomic E-state index is 12.5. The highest BCUT2D eigenvalue weighted by Gasteiger charge is 2.16. The van der Waals surface area contributed by atoms with Gasteiger partial charge in [0.2, 0.25) is 0 Å². The third-order valence-electron chi connectivity index (χ3n) is 3.94. The maximum Gasteiger partial charge on any atom is 0.270 e. The Bertz CT molecular complexity index is 1190. The number of hydrogen-bond donors (Lipinski definition) is 1. The third-order valence-corrected chi connectivity index (χ3v) is 5.36. The van der Waals surface area contributed by atoms with Crippen molar-refractivity contribution in [3.8, 4) is 10.6 Å². The molecular weight excluding hydrogens is 400 g/mol. The fourth-order valence-electron chi connectivity index (χ4n) is 2.62. The monoisotopic (exact) mass is 410 g/mol. The van der Waals surface area contributed by atoms with Crippen molar-refractivity contribution in [3.05, 3.63) is 81.6 Å². The van der Waals surface area contributed by atoms with E-state index in [-0.39, 0.29) is 16.3 Å². The summed E-state index contributed by atoms with van der Waals surface area (Å²) < 4.78 is 1.05. The largest absolute Gasteiger partial charge is 0.321 e. The van der Waals surface area contributed by atoms with Crippen LogP contribution in [0.2, 0.25) is 5.02 Å². The van der Waals surface area contributed by atoms with E-state index in [4.69, 9.17) is 11.6 Å². The third kappa shape index (κ3) is 3.55. The summed E-state index contributed by atoms with van der Waals surface area (Å²) >= 11 is 7.55. The van der Waals surface area contributed by atoms with Crippen LogP contribution in [0, 0.1) is 10.1 Å². The van der Waals surface area contributed by atoms with Gasteiger partial charge in [-0.3, -0.25) is 19.9 Å². The molecule has 1 N–H and O–H groups in total. The van der Waals surface area contributed by atoms with Gasteiger partial charge in [0.15, 0.2) is 0 Å². The van der Waals surface area contributed by atoms with Gasteiger partial charge in [0.1, 0.15) is 5.01 Å². The van der Waals surface area contributed by atoms with Crippen LogP contribution in [0.1, 0.15) is 10.4 Å². The summed E-state index contributed by atoms with van der Waals surface area (Å²) in [6.07, 6.45) is 3.15. The van der Waals surface area contributed by atoms with Gasteiger partial charge in [-0.2, -0.15) is 0 Å². The minimum Gasteiger partial charge on any atom is -0.321 e. The molecule has 0 unspecified atom stereocenters. The second-order valence-electron chi connectivity index (χ2n) is 5.82. The van der Waals surface area contributed by atoms with E-state index in [1.54, 1.807) is 12.3 Å². The molecule has 0 aliphatic rings. The van der Waals surface area contributed by atoms with Crippen molar-refractivity contribution < 1.29 is 9.72 Å². The molecule has 0 saturated carbocycles. The number of nitro groups is 1. The van der Waals surface area contributed by atoms with Gasteiger partial charge in [-0.25, -0.2) is 4.98 Å². The number of hydrogen-bond acceptors (Lipinski definition) is 6. The number of anilines is 1. The van der Waals surface area contributed by atoms with Gasteiger partial charge < -0.3 is 5.32 Å². The van der Waals surface area contributed by atoms with Crippen LogP contribution in [0.5, 0.6) is 0 Å². The van der Waals surface area contributed by atoms with Crippen molar-refractivity contribution in [2.75, 3.05) is 5.32 Å². The van der Waals surface area contributed by atoms with Crippen molar-refractivity contribution in [3.63, 3.8) is 0 Å². The number of carbonyl (C=O) groups is 1. The summed E-state index contributed by atoms with van der Waals surface area (Å²) in [4.78, 5) is 31.6. The smallest absolute Gasteiger partial charge is 0.270 e. The molecule has 2 aromatic heterocycles. The Morgan fingerprint density at radius 2 is 1.96 bits per heavy atom. The van der Waals surface area contributed by atoms with Crippen LogP contribution in [-0.2, 0) is 0 Å². The number of nitrogens with zero attached hydrogens (tertiary/aromatic N) is 3. The van der Waals surface area contributed by atoms with Crippen LogP contribution in [-0.4, -0.2) is 20.8 Å². The minimum absolute atomic E-state index is 0.0151. The molecule has 2 aromatic carbocycles. The number of halogens is 1. The molecule has 138 valence electrons. The number of para-hydroxylation sites is 1. The van der Waals surface area contributed by atoms with E-state index < -0.39 is 10.8 Å². The first-order chi connectivity index (χ1) is 13.5. The summed E-state index contributed by atoms with van der Waals surface area (Å²) in [5.74, 6) is -0.558. The first-order valence-electron chi connectivity index (χ1n) is 8.07. The number of nitro benzene ring substituents is 1. The summed E-state index contributed by atoms with van der Waals surface area (Å²) in [6, 6.07) is 13.2. The van der Waals surface area contributed by atoms with Crippen LogP contribution in [0.3, 0.4) is 0 Å². The standard InChI is InChI=1S/C19H11ClN4O3S/c20-15-6-5-13(24(26)27)8-14(15)18(25)22-12-7-11(9-21-10-12)19-23-16-3-1-2-4-17(16)28-19/h1-10H,(H,22,25). The zero-order valence-corrected chi connectivity index (χ0v) is 15.7. The molecule has 4 aromatic rings. The SMILES string of the molecule is O=C(Nc1cncc(-c2nc3ccccc3s2)c1)c1cc([N+](=O)[O-])ccc1Cl. The molecule has 0 aliphatic heterocycles. The Hall–Kier alpha value is -3.36. The van der Waals surface area contributed by atoms with Gasteiger partial charge in [0, 0.05) is 23.9 Å². The molecule has 4 rings (SSSR count). The lowest BCUT2D eigenvalue weighted by molar-refractivity contribution is -0.384. The lowest BCUT2D eigenvalue weighted by atomic mass is 10.2. The van der Waals surface area contributed by atoms with Crippen molar-refractivity contribution in [2.45, 2.75) is 0 Å². The van der Waals surface area contributed by atoms with Gasteiger partial charge in [-0.1, -0.05) is 23.7 Å². The van der Waals surface area contributed by atoms with E-state index in [9.17, 15) is 14.9 Å².